The third-order valence-electron chi connectivity index (χ3n) is 4.44. The Morgan fingerprint density at radius 2 is 2.14 bits per heavy atom. The lowest BCUT2D eigenvalue weighted by Crippen LogP contribution is -2.32. The number of rotatable bonds is 9. The average Bonchev–Trinajstić information content (AvgIpc) is 3.21. The van der Waals surface area contributed by atoms with Crippen molar-refractivity contribution in [3.8, 4) is 6.07 Å². The largest absolute Gasteiger partial charge is 0.481 e. The lowest BCUT2D eigenvalue weighted by atomic mass is 9.93. The molecule has 0 radical (unpaired) electrons. The highest BCUT2D eigenvalue weighted by molar-refractivity contribution is 7.10. The van der Waals surface area contributed by atoms with Gasteiger partial charge in [0.15, 0.2) is 0 Å². The summed E-state index contributed by atoms with van der Waals surface area (Å²) < 4.78 is 0. The Morgan fingerprint density at radius 1 is 1.39 bits per heavy atom. The van der Waals surface area contributed by atoms with Crippen LogP contribution in [-0.2, 0) is 16.0 Å². The van der Waals surface area contributed by atoms with Crippen LogP contribution >= 0.6 is 11.3 Å². The summed E-state index contributed by atoms with van der Waals surface area (Å²) in [7, 11) is 1.68. The lowest BCUT2D eigenvalue weighted by molar-refractivity contribution is -0.137. The number of nitriles is 1. The number of aryl methyl sites for hydroxylation is 1. The summed E-state index contributed by atoms with van der Waals surface area (Å²) in [6.45, 7) is 2.03. The van der Waals surface area contributed by atoms with E-state index >= 15 is 0 Å². The van der Waals surface area contributed by atoms with Crippen LogP contribution in [0.4, 0.5) is 0 Å². The number of hydrogen-bond donors (Lipinski definition) is 1. The van der Waals surface area contributed by atoms with Gasteiger partial charge in [-0.15, -0.1) is 11.3 Å². The summed E-state index contributed by atoms with van der Waals surface area (Å²) >= 11 is 1.36. The molecule has 1 aromatic carbocycles. The summed E-state index contributed by atoms with van der Waals surface area (Å²) in [6, 6.07) is 9.33. The molecule has 0 fully saturated rings. The van der Waals surface area contributed by atoms with Crippen LogP contribution in [0.5, 0.6) is 0 Å². The number of carbonyl (C=O) groups excluding carboxylic acids is 1. The molecule has 0 aliphatic carbocycles. The van der Waals surface area contributed by atoms with Crippen LogP contribution in [0, 0.1) is 11.3 Å². The predicted octanol–water partition coefficient (Wildman–Crippen LogP) is 4.07. The molecule has 1 heterocycles. The van der Waals surface area contributed by atoms with Crippen molar-refractivity contribution >= 4 is 29.3 Å². The van der Waals surface area contributed by atoms with Gasteiger partial charge in [0.05, 0.1) is 6.04 Å². The quantitative estimate of drug-likeness (QED) is 0.508. The van der Waals surface area contributed by atoms with Crippen LogP contribution in [0.2, 0.25) is 0 Å². The van der Waals surface area contributed by atoms with Gasteiger partial charge in [0, 0.05) is 25.0 Å². The smallest absolute Gasteiger partial charge is 0.303 e. The standard InChI is InChI=1S/C21H23N3O3S/c1-3-6-18(17-8-5-4-7-15(17)9-10-20(25)26)24(2)21(27)16(14-22)13-19-23-11-12-28-19/h4-5,7-8,11-13,18H,3,6,9-10H2,1-2H3,(H,25,26). The number of amides is 1. The molecule has 2 aromatic rings. The molecule has 0 bridgehead atoms. The maximum absolute atomic E-state index is 13.0. The first-order valence-electron chi connectivity index (χ1n) is 9.06. The number of benzene rings is 1. The molecule has 1 aromatic heterocycles. The highest BCUT2D eigenvalue weighted by Crippen LogP contribution is 2.29. The maximum Gasteiger partial charge on any atom is 0.303 e. The van der Waals surface area contributed by atoms with Crippen molar-refractivity contribution in [2.24, 2.45) is 0 Å². The van der Waals surface area contributed by atoms with E-state index in [-0.39, 0.29) is 23.9 Å². The van der Waals surface area contributed by atoms with Crippen molar-refractivity contribution in [1.29, 1.82) is 5.26 Å². The van der Waals surface area contributed by atoms with Crippen LogP contribution in [0.3, 0.4) is 0 Å². The van der Waals surface area contributed by atoms with Gasteiger partial charge in [-0.1, -0.05) is 37.6 Å². The third kappa shape index (κ3) is 5.51. The van der Waals surface area contributed by atoms with E-state index in [1.165, 1.54) is 17.4 Å². The highest BCUT2D eigenvalue weighted by Gasteiger charge is 2.25. The third-order valence-corrected chi connectivity index (χ3v) is 5.16. The van der Waals surface area contributed by atoms with Gasteiger partial charge in [0.2, 0.25) is 0 Å². The van der Waals surface area contributed by atoms with Gasteiger partial charge >= 0.3 is 5.97 Å². The molecule has 1 amide bonds. The zero-order chi connectivity index (χ0) is 20.5. The monoisotopic (exact) mass is 397 g/mol. The van der Waals surface area contributed by atoms with Gasteiger partial charge in [-0.3, -0.25) is 9.59 Å². The number of hydrogen-bond acceptors (Lipinski definition) is 5. The number of nitrogens with zero attached hydrogens (tertiary/aromatic N) is 3. The van der Waals surface area contributed by atoms with Crippen LogP contribution in [0.25, 0.3) is 6.08 Å². The molecule has 28 heavy (non-hydrogen) atoms. The molecular formula is C21H23N3O3S. The number of likely N-dealkylation sites (N-methyl/N-ethyl adjacent to an activating group) is 1. The van der Waals surface area contributed by atoms with Crippen molar-refractivity contribution in [1.82, 2.24) is 9.88 Å². The lowest BCUT2D eigenvalue weighted by Gasteiger charge is -2.30. The molecule has 0 aliphatic rings. The molecule has 0 saturated carbocycles. The second-order valence-electron chi connectivity index (χ2n) is 6.35. The van der Waals surface area contributed by atoms with Gasteiger partial charge in [0.25, 0.3) is 5.91 Å². The first-order chi connectivity index (χ1) is 13.5. The van der Waals surface area contributed by atoms with E-state index in [4.69, 9.17) is 5.11 Å². The first-order valence-corrected chi connectivity index (χ1v) is 9.93. The summed E-state index contributed by atoms with van der Waals surface area (Å²) in [5, 5.41) is 20.9. The molecule has 0 saturated heterocycles. The number of carboxylic acid groups (broad SMARTS) is 1. The zero-order valence-electron chi connectivity index (χ0n) is 16.0. The summed E-state index contributed by atoms with van der Waals surface area (Å²) in [5.41, 5.74) is 1.86. The Labute approximate surface area is 168 Å². The molecule has 6 nitrogen and oxygen atoms in total. The number of aromatic nitrogens is 1. The van der Waals surface area contributed by atoms with Crippen molar-refractivity contribution in [3.63, 3.8) is 0 Å². The van der Waals surface area contributed by atoms with Crippen molar-refractivity contribution < 1.29 is 14.7 Å². The highest BCUT2D eigenvalue weighted by atomic mass is 32.1. The summed E-state index contributed by atoms with van der Waals surface area (Å²) in [6.07, 6.45) is 5.10. The minimum Gasteiger partial charge on any atom is -0.481 e. The van der Waals surface area contributed by atoms with E-state index in [1.807, 2.05) is 37.3 Å². The molecule has 0 spiro atoms. The topological polar surface area (TPSA) is 94.3 Å². The van der Waals surface area contributed by atoms with E-state index in [9.17, 15) is 14.9 Å². The fourth-order valence-electron chi connectivity index (χ4n) is 3.06. The van der Waals surface area contributed by atoms with Gasteiger partial charge in [0.1, 0.15) is 16.6 Å². The van der Waals surface area contributed by atoms with E-state index < -0.39 is 5.97 Å². The first kappa shape index (κ1) is 21.3. The van der Waals surface area contributed by atoms with Gasteiger partial charge in [-0.05, 0) is 30.0 Å². The fraction of sp³-hybridized carbons (Fsp3) is 0.333. The van der Waals surface area contributed by atoms with Crippen LogP contribution in [0.15, 0.2) is 41.4 Å². The number of carbonyl (C=O) groups is 2. The zero-order valence-corrected chi connectivity index (χ0v) is 16.8. The van der Waals surface area contributed by atoms with Gasteiger partial charge in [-0.25, -0.2) is 4.98 Å². The van der Waals surface area contributed by atoms with Gasteiger partial charge in [-0.2, -0.15) is 5.26 Å². The predicted molar refractivity (Wildman–Crippen MR) is 109 cm³/mol. The van der Waals surface area contributed by atoms with Crippen LogP contribution in [0.1, 0.15) is 48.4 Å². The molecule has 146 valence electrons. The Bertz CT molecular complexity index is 885. The molecule has 1 unspecified atom stereocenters. The molecular weight excluding hydrogens is 374 g/mol. The Hall–Kier alpha value is -2.98. The number of thiazole rings is 1. The number of aliphatic carboxylic acids is 1. The maximum atomic E-state index is 13.0. The van der Waals surface area contributed by atoms with E-state index in [0.29, 0.717) is 17.8 Å². The minimum atomic E-state index is -0.857. The molecule has 1 atom stereocenters. The van der Waals surface area contributed by atoms with Crippen LogP contribution in [-0.4, -0.2) is 33.9 Å². The molecule has 0 aliphatic heterocycles. The Morgan fingerprint density at radius 3 is 2.75 bits per heavy atom. The normalized spacial score (nSPS) is 12.2. The second kappa shape index (κ2) is 10.4. The van der Waals surface area contributed by atoms with Crippen molar-refractivity contribution in [2.45, 2.75) is 38.6 Å². The Balaban J connectivity index is 2.34. The SMILES string of the molecule is CCCC(c1ccccc1CCC(=O)O)N(C)C(=O)C(C#N)=Cc1nccs1. The summed E-state index contributed by atoms with van der Waals surface area (Å²) in [5.74, 6) is -1.23. The van der Waals surface area contributed by atoms with E-state index in [0.717, 1.165) is 17.5 Å². The van der Waals surface area contributed by atoms with E-state index in [1.54, 1.807) is 23.5 Å². The molecule has 1 N–H and O–H groups in total. The second-order valence-corrected chi connectivity index (χ2v) is 7.28. The molecule has 2 rings (SSSR count). The fourth-order valence-corrected chi connectivity index (χ4v) is 3.63. The Kier molecular flexibility index (Phi) is 7.90. The van der Waals surface area contributed by atoms with Crippen LogP contribution < -0.4 is 0 Å². The number of carboxylic acids is 1. The average molecular weight is 398 g/mol. The van der Waals surface area contributed by atoms with E-state index in [2.05, 4.69) is 4.98 Å². The summed E-state index contributed by atoms with van der Waals surface area (Å²) in [4.78, 5) is 29.7. The van der Waals surface area contributed by atoms with Gasteiger partial charge < -0.3 is 10.0 Å². The van der Waals surface area contributed by atoms with Crippen molar-refractivity contribution in [2.75, 3.05) is 7.05 Å². The minimum absolute atomic E-state index is 0.0287. The van der Waals surface area contributed by atoms with Crippen molar-refractivity contribution in [3.05, 3.63) is 57.6 Å². The molecule has 7 heteroatoms.